The summed E-state index contributed by atoms with van der Waals surface area (Å²) in [5.41, 5.74) is 8.76. The molecule has 3 N–H and O–H groups in total. The molecule has 0 aliphatic rings. The minimum Gasteiger partial charge on any atom is -0.366 e. The first-order chi connectivity index (χ1) is 14.1. The second-order valence-corrected chi connectivity index (χ2v) is 7.25. The Morgan fingerprint density at radius 2 is 1.86 bits per heavy atom. The van der Waals surface area contributed by atoms with Gasteiger partial charge in [-0.2, -0.15) is 0 Å². The van der Waals surface area contributed by atoms with Gasteiger partial charge < -0.3 is 15.6 Å². The van der Waals surface area contributed by atoms with Gasteiger partial charge >= 0.3 is 0 Å². The maximum atomic E-state index is 12.2. The fourth-order valence-corrected chi connectivity index (χ4v) is 3.70. The van der Waals surface area contributed by atoms with Crippen LogP contribution < -0.4 is 11.1 Å². The van der Waals surface area contributed by atoms with Gasteiger partial charge in [0.15, 0.2) is 5.65 Å². The molecular weight excluding hydrogens is 388 g/mol. The van der Waals surface area contributed by atoms with Crippen LogP contribution in [0.15, 0.2) is 53.7 Å². The molecule has 4 aromatic rings. The molecule has 2 amide bonds. The van der Waals surface area contributed by atoms with Crippen molar-refractivity contribution in [2.75, 3.05) is 11.1 Å². The summed E-state index contributed by atoms with van der Waals surface area (Å²) in [5.74, 6) is -0.582. The zero-order valence-corrected chi connectivity index (χ0v) is 16.4. The van der Waals surface area contributed by atoms with Gasteiger partial charge in [0.05, 0.1) is 11.3 Å². The molecule has 0 fully saturated rings. The number of nitrogens with one attached hydrogen (secondary N) is 1. The average Bonchev–Trinajstić information content (AvgIpc) is 3.05. The highest BCUT2D eigenvalue weighted by molar-refractivity contribution is 7.99. The standard InChI is InChI=1S/C20H18N6O2S/c1-2-26-15-6-4-3-5-14(15)17-19(26)23-20(25-24-17)29-11-16(27)22-13-9-7-12(8-10-13)18(21)28/h3-10H,2,11H2,1H3,(H2,21,28)(H,22,27). The molecular formula is C20H18N6O2S. The zero-order chi connectivity index (χ0) is 20.4. The number of thioether (sulfide) groups is 1. The molecule has 0 radical (unpaired) electrons. The lowest BCUT2D eigenvalue weighted by molar-refractivity contribution is -0.113. The van der Waals surface area contributed by atoms with Crippen molar-refractivity contribution in [3.63, 3.8) is 0 Å². The molecule has 0 aliphatic carbocycles. The Morgan fingerprint density at radius 3 is 2.59 bits per heavy atom. The first kappa shape index (κ1) is 18.9. The van der Waals surface area contributed by atoms with Crippen LogP contribution in [0.1, 0.15) is 17.3 Å². The van der Waals surface area contributed by atoms with Gasteiger partial charge in [-0.15, -0.1) is 10.2 Å². The van der Waals surface area contributed by atoms with Gasteiger partial charge in [0.2, 0.25) is 17.0 Å². The molecule has 9 heteroatoms. The summed E-state index contributed by atoms with van der Waals surface area (Å²) in [6.45, 7) is 2.81. The Morgan fingerprint density at radius 1 is 1.10 bits per heavy atom. The molecule has 2 aromatic carbocycles. The summed E-state index contributed by atoms with van der Waals surface area (Å²) in [4.78, 5) is 27.9. The van der Waals surface area contributed by atoms with Crippen LogP contribution in [0.5, 0.6) is 0 Å². The lowest BCUT2D eigenvalue weighted by Gasteiger charge is -2.05. The van der Waals surface area contributed by atoms with E-state index in [1.165, 1.54) is 11.8 Å². The molecule has 0 bridgehead atoms. The number of carbonyl (C=O) groups is 2. The van der Waals surface area contributed by atoms with E-state index in [0.717, 1.165) is 28.6 Å². The molecule has 0 saturated heterocycles. The van der Waals surface area contributed by atoms with Crippen LogP contribution in [-0.4, -0.2) is 37.3 Å². The molecule has 0 spiro atoms. The van der Waals surface area contributed by atoms with Crippen LogP contribution in [0.2, 0.25) is 0 Å². The van der Waals surface area contributed by atoms with Crippen molar-refractivity contribution >= 4 is 51.3 Å². The van der Waals surface area contributed by atoms with Crippen LogP contribution in [0.4, 0.5) is 5.69 Å². The van der Waals surface area contributed by atoms with Crippen molar-refractivity contribution in [2.24, 2.45) is 5.73 Å². The van der Waals surface area contributed by atoms with E-state index in [-0.39, 0.29) is 11.7 Å². The number of carbonyl (C=O) groups excluding carboxylic acids is 2. The van der Waals surface area contributed by atoms with E-state index in [1.807, 2.05) is 24.3 Å². The van der Waals surface area contributed by atoms with E-state index in [9.17, 15) is 9.59 Å². The molecule has 4 rings (SSSR count). The van der Waals surface area contributed by atoms with Gasteiger partial charge in [0, 0.05) is 23.2 Å². The van der Waals surface area contributed by atoms with Crippen molar-refractivity contribution in [3.8, 4) is 0 Å². The number of amides is 2. The van der Waals surface area contributed by atoms with Gasteiger partial charge in [-0.25, -0.2) is 4.98 Å². The van der Waals surface area contributed by atoms with Gasteiger partial charge in [0.25, 0.3) is 0 Å². The molecule has 2 heterocycles. The molecule has 8 nitrogen and oxygen atoms in total. The zero-order valence-electron chi connectivity index (χ0n) is 15.6. The number of benzene rings is 2. The Bertz CT molecular complexity index is 1220. The van der Waals surface area contributed by atoms with Crippen molar-refractivity contribution in [1.82, 2.24) is 19.7 Å². The maximum Gasteiger partial charge on any atom is 0.248 e. The number of hydrogen-bond acceptors (Lipinski definition) is 6. The van der Waals surface area contributed by atoms with E-state index >= 15 is 0 Å². The third-order valence-corrected chi connectivity index (χ3v) is 5.29. The van der Waals surface area contributed by atoms with Crippen LogP contribution in [-0.2, 0) is 11.3 Å². The fraction of sp³-hybridized carbons (Fsp3) is 0.150. The monoisotopic (exact) mass is 406 g/mol. The van der Waals surface area contributed by atoms with Gasteiger partial charge in [-0.1, -0.05) is 30.0 Å². The third kappa shape index (κ3) is 3.77. The summed E-state index contributed by atoms with van der Waals surface area (Å²) in [6, 6.07) is 14.4. The minimum absolute atomic E-state index is 0.136. The molecule has 0 aliphatic heterocycles. The van der Waals surface area contributed by atoms with Gasteiger partial charge in [-0.3, -0.25) is 9.59 Å². The number of aromatic nitrogens is 4. The number of anilines is 1. The summed E-state index contributed by atoms with van der Waals surface area (Å²) < 4.78 is 2.09. The second-order valence-electron chi connectivity index (χ2n) is 6.31. The van der Waals surface area contributed by atoms with Crippen molar-refractivity contribution in [1.29, 1.82) is 0 Å². The van der Waals surface area contributed by atoms with E-state index in [0.29, 0.717) is 16.4 Å². The van der Waals surface area contributed by atoms with E-state index in [1.54, 1.807) is 24.3 Å². The normalized spacial score (nSPS) is 11.1. The van der Waals surface area contributed by atoms with Crippen molar-refractivity contribution in [2.45, 2.75) is 18.6 Å². The topological polar surface area (TPSA) is 116 Å². The van der Waals surface area contributed by atoms with E-state index in [4.69, 9.17) is 5.73 Å². The first-order valence-electron chi connectivity index (χ1n) is 9.01. The maximum absolute atomic E-state index is 12.2. The van der Waals surface area contributed by atoms with Crippen LogP contribution in [0, 0.1) is 0 Å². The number of primary amides is 1. The predicted molar refractivity (Wildman–Crippen MR) is 113 cm³/mol. The number of hydrogen-bond donors (Lipinski definition) is 2. The molecule has 0 saturated carbocycles. The van der Waals surface area contributed by atoms with E-state index < -0.39 is 5.91 Å². The third-order valence-electron chi connectivity index (χ3n) is 4.46. The smallest absolute Gasteiger partial charge is 0.248 e. The number of rotatable bonds is 6. The Balaban J connectivity index is 1.48. The summed E-state index contributed by atoms with van der Waals surface area (Å²) in [5, 5.41) is 12.7. The largest absolute Gasteiger partial charge is 0.366 e. The molecule has 29 heavy (non-hydrogen) atoms. The first-order valence-corrected chi connectivity index (χ1v) is 9.99. The highest BCUT2D eigenvalue weighted by Crippen LogP contribution is 2.27. The van der Waals surface area contributed by atoms with Crippen LogP contribution >= 0.6 is 11.8 Å². The van der Waals surface area contributed by atoms with Gasteiger partial charge in [-0.05, 0) is 37.3 Å². The highest BCUT2D eigenvalue weighted by Gasteiger charge is 2.14. The summed E-state index contributed by atoms with van der Waals surface area (Å²) in [7, 11) is 0. The SMILES string of the molecule is CCn1c2ccccc2c2nnc(SCC(=O)Nc3ccc(C(N)=O)cc3)nc21. The van der Waals surface area contributed by atoms with Gasteiger partial charge in [0.1, 0.15) is 5.52 Å². The summed E-state index contributed by atoms with van der Waals surface area (Å²) in [6.07, 6.45) is 0. The number of aryl methyl sites for hydroxylation is 1. The quantitative estimate of drug-likeness (QED) is 0.476. The Kier molecular flexibility index (Phi) is 5.13. The van der Waals surface area contributed by atoms with Crippen molar-refractivity contribution in [3.05, 3.63) is 54.1 Å². The molecule has 0 unspecified atom stereocenters. The molecule has 0 atom stereocenters. The molecule has 2 aromatic heterocycles. The second kappa shape index (κ2) is 7.88. The highest BCUT2D eigenvalue weighted by atomic mass is 32.2. The Labute approximate surface area is 170 Å². The number of nitrogens with two attached hydrogens (primary N) is 1. The van der Waals surface area contributed by atoms with Crippen LogP contribution in [0.25, 0.3) is 22.1 Å². The summed E-state index contributed by atoms with van der Waals surface area (Å²) >= 11 is 1.22. The van der Waals surface area contributed by atoms with Crippen LogP contribution in [0.3, 0.4) is 0 Å². The lowest BCUT2D eigenvalue weighted by atomic mass is 10.2. The number of para-hydroxylation sites is 1. The van der Waals surface area contributed by atoms with E-state index in [2.05, 4.69) is 32.0 Å². The predicted octanol–water partition coefficient (Wildman–Crippen LogP) is 2.83. The minimum atomic E-state index is -0.511. The Hall–Kier alpha value is -3.46. The number of fused-ring (bicyclic) bond motifs is 3. The number of nitrogens with zero attached hydrogens (tertiary/aromatic N) is 4. The molecule has 146 valence electrons. The van der Waals surface area contributed by atoms with Crippen molar-refractivity contribution < 1.29 is 9.59 Å². The average molecular weight is 406 g/mol. The lowest BCUT2D eigenvalue weighted by Crippen LogP contribution is -2.15. The fourth-order valence-electron chi connectivity index (χ4n) is 3.12.